The van der Waals surface area contributed by atoms with Crippen molar-refractivity contribution in [3.63, 3.8) is 0 Å². The standard InChI is InChI=1S/C9H14N2O2/c10-7(3-2-6-12)9-8(13)4-1-5-11-9/h1,4-5,7,12-13H,2-3,6,10H2/t7-/m1/s1. The summed E-state index contributed by atoms with van der Waals surface area (Å²) in [5.74, 6) is 0.118. The van der Waals surface area contributed by atoms with Gasteiger partial charge in [0.2, 0.25) is 0 Å². The van der Waals surface area contributed by atoms with Gasteiger partial charge in [-0.05, 0) is 25.0 Å². The van der Waals surface area contributed by atoms with E-state index < -0.39 is 0 Å². The number of aliphatic hydroxyl groups is 1. The Bertz CT molecular complexity index is 266. The lowest BCUT2D eigenvalue weighted by atomic mass is 10.1. The lowest BCUT2D eigenvalue weighted by molar-refractivity contribution is 0.279. The van der Waals surface area contributed by atoms with Crippen LogP contribution in [-0.2, 0) is 0 Å². The zero-order chi connectivity index (χ0) is 9.68. The van der Waals surface area contributed by atoms with Crippen LogP contribution in [-0.4, -0.2) is 21.8 Å². The number of nitrogens with two attached hydrogens (primary N) is 1. The van der Waals surface area contributed by atoms with Crippen LogP contribution in [0, 0.1) is 0 Å². The van der Waals surface area contributed by atoms with Gasteiger partial charge in [-0.25, -0.2) is 0 Å². The van der Waals surface area contributed by atoms with Gasteiger partial charge in [-0.15, -0.1) is 0 Å². The molecule has 0 fully saturated rings. The number of pyridine rings is 1. The molecule has 0 aromatic carbocycles. The van der Waals surface area contributed by atoms with Crippen molar-refractivity contribution in [2.75, 3.05) is 6.61 Å². The summed E-state index contributed by atoms with van der Waals surface area (Å²) in [6.07, 6.45) is 2.84. The molecule has 0 aliphatic rings. The molecule has 0 bridgehead atoms. The quantitative estimate of drug-likeness (QED) is 0.635. The van der Waals surface area contributed by atoms with Gasteiger partial charge in [0.25, 0.3) is 0 Å². The monoisotopic (exact) mass is 182 g/mol. The molecule has 0 aliphatic heterocycles. The van der Waals surface area contributed by atoms with Gasteiger partial charge in [-0.1, -0.05) is 0 Å². The van der Waals surface area contributed by atoms with Gasteiger partial charge in [-0.2, -0.15) is 0 Å². The molecule has 13 heavy (non-hydrogen) atoms. The second-order valence-corrected chi connectivity index (χ2v) is 2.88. The minimum absolute atomic E-state index is 0.112. The first-order valence-corrected chi connectivity index (χ1v) is 4.26. The average molecular weight is 182 g/mol. The summed E-state index contributed by atoms with van der Waals surface area (Å²) >= 11 is 0. The van der Waals surface area contributed by atoms with Crippen LogP contribution in [0.3, 0.4) is 0 Å². The molecular formula is C9H14N2O2. The topological polar surface area (TPSA) is 79.4 Å². The van der Waals surface area contributed by atoms with Crippen LogP contribution in [0.4, 0.5) is 0 Å². The van der Waals surface area contributed by atoms with E-state index in [-0.39, 0.29) is 18.4 Å². The maximum absolute atomic E-state index is 9.38. The van der Waals surface area contributed by atoms with E-state index in [1.807, 2.05) is 0 Å². The predicted octanol–water partition coefficient (Wildman–Crippen LogP) is 0.560. The molecule has 1 aromatic rings. The second-order valence-electron chi connectivity index (χ2n) is 2.88. The summed E-state index contributed by atoms with van der Waals surface area (Å²) in [4.78, 5) is 3.97. The molecule has 1 rings (SSSR count). The molecule has 1 aromatic heterocycles. The molecule has 4 heteroatoms. The highest BCUT2D eigenvalue weighted by atomic mass is 16.3. The molecule has 0 saturated heterocycles. The number of rotatable bonds is 4. The van der Waals surface area contributed by atoms with Crippen LogP contribution < -0.4 is 5.73 Å². The predicted molar refractivity (Wildman–Crippen MR) is 49.2 cm³/mol. The van der Waals surface area contributed by atoms with Crippen molar-refractivity contribution >= 4 is 0 Å². The molecule has 4 N–H and O–H groups in total. The smallest absolute Gasteiger partial charge is 0.138 e. The van der Waals surface area contributed by atoms with E-state index in [1.165, 1.54) is 0 Å². The van der Waals surface area contributed by atoms with Gasteiger partial charge < -0.3 is 15.9 Å². The van der Waals surface area contributed by atoms with E-state index in [4.69, 9.17) is 10.8 Å². The van der Waals surface area contributed by atoms with E-state index in [0.29, 0.717) is 18.5 Å². The van der Waals surface area contributed by atoms with Gasteiger partial charge in [0.05, 0.1) is 11.7 Å². The van der Waals surface area contributed by atoms with Crippen molar-refractivity contribution in [1.29, 1.82) is 0 Å². The molecule has 4 nitrogen and oxygen atoms in total. The lowest BCUT2D eigenvalue weighted by Crippen LogP contribution is -2.12. The molecular weight excluding hydrogens is 168 g/mol. The summed E-state index contributed by atoms with van der Waals surface area (Å²) in [6, 6.07) is 2.91. The van der Waals surface area contributed by atoms with E-state index >= 15 is 0 Å². The van der Waals surface area contributed by atoms with Crippen molar-refractivity contribution in [1.82, 2.24) is 4.98 Å². The summed E-state index contributed by atoms with van der Waals surface area (Å²) in [6.45, 7) is 0.112. The first kappa shape index (κ1) is 9.95. The Morgan fingerprint density at radius 1 is 1.54 bits per heavy atom. The largest absolute Gasteiger partial charge is 0.506 e. The van der Waals surface area contributed by atoms with Crippen LogP contribution in [0.25, 0.3) is 0 Å². The molecule has 0 amide bonds. The van der Waals surface area contributed by atoms with Gasteiger partial charge in [-0.3, -0.25) is 4.98 Å². The Morgan fingerprint density at radius 3 is 2.92 bits per heavy atom. The van der Waals surface area contributed by atoms with Crippen molar-refractivity contribution in [3.05, 3.63) is 24.0 Å². The molecule has 0 spiro atoms. The fourth-order valence-corrected chi connectivity index (χ4v) is 1.14. The van der Waals surface area contributed by atoms with Crippen molar-refractivity contribution in [2.45, 2.75) is 18.9 Å². The van der Waals surface area contributed by atoms with Crippen LogP contribution in [0.5, 0.6) is 5.75 Å². The molecule has 0 unspecified atom stereocenters. The average Bonchev–Trinajstić information content (AvgIpc) is 2.15. The Kier molecular flexibility index (Phi) is 3.67. The van der Waals surface area contributed by atoms with Gasteiger partial charge in [0.15, 0.2) is 0 Å². The number of aromatic nitrogens is 1. The summed E-state index contributed by atoms with van der Waals surface area (Å²) in [5, 5.41) is 18.0. The highest BCUT2D eigenvalue weighted by Crippen LogP contribution is 2.21. The summed E-state index contributed by atoms with van der Waals surface area (Å²) < 4.78 is 0. The first-order chi connectivity index (χ1) is 6.25. The molecule has 1 heterocycles. The maximum atomic E-state index is 9.38. The number of hydrogen-bond acceptors (Lipinski definition) is 4. The number of aliphatic hydroxyl groups excluding tert-OH is 1. The third kappa shape index (κ3) is 2.68. The summed E-state index contributed by atoms with van der Waals surface area (Å²) in [7, 11) is 0. The van der Waals surface area contributed by atoms with Crippen LogP contribution in [0.15, 0.2) is 18.3 Å². The highest BCUT2D eigenvalue weighted by Gasteiger charge is 2.10. The lowest BCUT2D eigenvalue weighted by Gasteiger charge is -2.10. The Morgan fingerprint density at radius 2 is 2.31 bits per heavy atom. The third-order valence-corrected chi connectivity index (χ3v) is 1.84. The van der Waals surface area contributed by atoms with E-state index in [0.717, 1.165) is 0 Å². The van der Waals surface area contributed by atoms with Gasteiger partial charge in [0.1, 0.15) is 5.75 Å². The van der Waals surface area contributed by atoms with E-state index in [9.17, 15) is 5.11 Å². The van der Waals surface area contributed by atoms with Crippen molar-refractivity contribution < 1.29 is 10.2 Å². The van der Waals surface area contributed by atoms with E-state index in [2.05, 4.69) is 4.98 Å². The molecule has 72 valence electrons. The van der Waals surface area contributed by atoms with Crippen molar-refractivity contribution in [3.8, 4) is 5.75 Å². The number of hydrogen-bond donors (Lipinski definition) is 3. The van der Waals surface area contributed by atoms with Gasteiger partial charge in [0, 0.05) is 12.8 Å². The minimum atomic E-state index is -0.298. The zero-order valence-corrected chi connectivity index (χ0v) is 7.35. The Balaban J connectivity index is 2.65. The molecule has 0 saturated carbocycles. The van der Waals surface area contributed by atoms with Gasteiger partial charge >= 0.3 is 0 Å². The third-order valence-electron chi connectivity index (χ3n) is 1.84. The highest BCUT2D eigenvalue weighted by molar-refractivity contribution is 5.27. The fraction of sp³-hybridized carbons (Fsp3) is 0.444. The fourth-order valence-electron chi connectivity index (χ4n) is 1.14. The normalized spacial score (nSPS) is 12.8. The zero-order valence-electron chi connectivity index (χ0n) is 7.35. The SMILES string of the molecule is N[C@H](CCCO)c1ncccc1O. The first-order valence-electron chi connectivity index (χ1n) is 4.26. The minimum Gasteiger partial charge on any atom is -0.506 e. The van der Waals surface area contributed by atoms with Crippen molar-refractivity contribution in [2.24, 2.45) is 5.73 Å². The second kappa shape index (κ2) is 4.79. The van der Waals surface area contributed by atoms with E-state index in [1.54, 1.807) is 18.3 Å². The van der Waals surface area contributed by atoms with Crippen LogP contribution in [0.2, 0.25) is 0 Å². The molecule has 0 radical (unpaired) electrons. The summed E-state index contributed by atoms with van der Waals surface area (Å²) in [5.41, 5.74) is 6.24. The Labute approximate surface area is 77.0 Å². The Hall–Kier alpha value is -1.13. The number of nitrogens with zero attached hydrogens (tertiary/aromatic N) is 1. The maximum Gasteiger partial charge on any atom is 0.138 e. The van der Waals surface area contributed by atoms with Crippen LogP contribution >= 0.6 is 0 Å². The van der Waals surface area contributed by atoms with Crippen LogP contribution in [0.1, 0.15) is 24.6 Å². The molecule has 0 aliphatic carbocycles. The molecule has 1 atom stereocenters. The number of aromatic hydroxyl groups is 1.